The van der Waals surface area contributed by atoms with Crippen molar-refractivity contribution in [2.75, 3.05) is 24.5 Å². The first-order valence-electron chi connectivity index (χ1n) is 10.3. The van der Waals surface area contributed by atoms with Gasteiger partial charge in [0.2, 0.25) is 5.91 Å². The average molecular weight is 391 g/mol. The van der Waals surface area contributed by atoms with E-state index >= 15 is 0 Å². The number of hydrogen-bond acceptors (Lipinski definition) is 6. The van der Waals surface area contributed by atoms with Gasteiger partial charge in [0.25, 0.3) is 5.71 Å². The molecule has 2 saturated heterocycles. The molecule has 0 N–H and O–H groups in total. The number of aromatic nitrogens is 3. The van der Waals surface area contributed by atoms with Crippen LogP contribution in [-0.4, -0.2) is 45.6 Å². The second kappa shape index (κ2) is 7.13. The Hall–Kier alpha value is -2.96. The summed E-state index contributed by atoms with van der Waals surface area (Å²) in [6.07, 6.45) is 3.03. The monoisotopic (exact) mass is 391 g/mol. The number of amides is 1. The summed E-state index contributed by atoms with van der Waals surface area (Å²) in [5.41, 5.74) is 2.57. The molecule has 0 unspecified atom stereocenters. The summed E-state index contributed by atoms with van der Waals surface area (Å²) >= 11 is 0. The standard InChI is InChI=1S/C22H25N5O2/c1-3-7-18(28)27-11-16-10-26(12-17(16)20(27)15-8-5-4-6-9-15)21-19-14(2)25-29-22(19)24-13-23-21/h4-6,8-9,13,16-17,20H,3,7,10-12H2,1-2H3/t16-,17-,20+/m0/s1. The van der Waals surface area contributed by atoms with Crippen LogP contribution < -0.4 is 4.90 Å². The molecule has 150 valence electrons. The smallest absolute Gasteiger partial charge is 0.263 e. The Bertz CT molecular complexity index is 1030. The van der Waals surface area contributed by atoms with Crippen molar-refractivity contribution in [3.8, 4) is 0 Å². The van der Waals surface area contributed by atoms with Crippen LogP contribution in [0.25, 0.3) is 11.1 Å². The topological polar surface area (TPSA) is 75.4 Å². The van der Waals surface area contributed by atoms with Crippen LogP contribution in [0.15, 0.2) is 41.2 Å². The third-order valence-corrected chi connectivity index (χ3v) is 6.31. The maximum absolute atomic E-state index is 12.9. The van der Waals surface area contributed by atoms with E-state index in [9.17, 15) is 4.79 Å². The largest absolute Gasteiger partial charge is 0.355 e. The predicted octanol–water partition coefficient (Wildman–Crippen LogP) is 3.36. The molecule has 5 rings (SSSR count). The average Bonchev–Trinajstić information content (AvgIpc) is 3.41. The highest BCUT2D eigenvalue weighted by Crippen LogP contribution is 2.46. The van der Waals surface area contributed by atoms with Gasteiger partial charge in [0, 0.05) is 37.9 Å². The van der Waals surface area contributed by atoms with E-state index in [0.29, 0.717) is 24.0 Å². The fourth-order valence-electron chi connectivity index (χ4n) is 5.05. The van der Waals surface area contributed by atoms with E-state index in [1.165, 1.54) is 5.56 Å². The minimum atomic E-state index is 0.117. The molecule has 0 bridgehead atoms. The van der Waals surface area contributed by atoms with Gasteiger partial charge < -0.3 is 14.3 Å². The van der Waals surface area contributed by atoms with Gasteiger partial charge in [0.1, 0.15) is 17.5 Å². The van der Waals surface area contributed by atoms with Gasteiger partial charge in [-0.1, -0.05) is 42.4 Å². The Labute approximate surface area is 169 Å². The highest BCUT2D eigenvalue weighted by molar-refractivity contribution is 5.88. The number of rotatable bonds is 4. The molecule has 0 saturated carbocycles. The molecular formula is C22H25N5O2. The van der Waals surface area contributed by atoms with Crippen molar-refractivity contribution in [3.63, 3.8) is 0 Å². The molecule has 3 atom stereocenters. The second-order valence-corrected chi connectivity index (χ2v) is 8.13. The molecule has 7 heteroatoms. The Morgan fingerprint density at radius 2 is 2.00 bits per heavy atom. The number of fused-ring (bicyclic) bond motifs is 2. The number of anilines is 1. The molecule has 4 heterocycles. The quantitative estimate of drug-likeness (QED) is 0.679. The minimum absolute atomic E-state index is 0.117. The Morgan fingerprint density at radius 1 is 1.17 bits per heavy atom. The molecule has 0 spiro atoms. The lowest BCUT2D eigenvalue weighted by molar-refractivity contribution is -0.132. The van der Waals surface area contributed by atoms with E-state index in [0.717, 1.165) is 43.0 Å². The molecule has 0 aliphatic carbocycles. The maximum atomic E-state index is 12.9. The van der Waals surface area contributed by atoms with Crippen LogP contribution in [0.4, 0.5) is 5.82 Å². The van der Waals surface area contributed by atoms with Crippen LogP contribution in [-0.2, 0) is 4.79 Å². The van der Waals surface area contributed by atoms with Gasteiger partial charge in [-0.2, -0.15) is 4.98 Å². The summed E-state index contributed by atoms with van der Waals surface area (Å²) in [6, 6.07) is 10.6. The van der Waals surface area contributed by atoms with E-state index in [2.05, 4.69) is 56.1 Å². The normalized spacial score (nSPS) is 23.7. The predicted molar refractivity (Wildman–Crippen MR) is 109 cm³/mol. The first-order chi connectivity index (χ1) is 14.2. The van der Waals surface area contributed by atoms with Crippen molar-refractivity contribution in [2.45, 2.75) is 32.7 Å². The van der Waals surface area contributed by atoms with E-state index in [1.54, 1.807) is 6.33 Å². The second-order valence-electron chi connectivity index (χ2n) is 8.13. The van der Waals surface area contributed by atoms with Crippen molar-refractivity contribution in [1.29, 1.82) is 0 Å². The first kappa shape index (κ1) is 18.1. The molecule has 3 aromatic rings. The lowest BCUT2D eigenvalue weighted by Gasteiger charge is -2.30. The Morgan fingerprint density at radius 3 is 2.79 bits per heavy atom. The summed E-state index contributed by atoms with van der Waals surface area (Å²) in [7, 11) is 0. The van der Waals surface area contributed by atoms with Gasteiger partial charge in [-0.25, -0.2) is 4.98 Å². The fraction of sp³-hybridized carbons (Fsp3) is 0.455. The fourth-order valence-corrected chi connectivity index (χ4v) is 5.05. The highest BCUT2D eigenvalue weighted by atomic mass is 16.5. The number of aryl methyl sites for hydroxylation is 1. The van der Waals surface area contributed by atoms with Crippen molar-refractivity contribution < 1.29 is 9.32 Å². The summed E-state index contributed by atoms with van der Waals surface area (Å²) < 4.78 is 5.33. The zero-order valence-corrected chi connectivity index (χ0v) is 16.8. The lowest BCUT2D eigenvalue weighted by atomic mass is 9.89. The number of carbonyl (C=O) groups is 1. The number of likely N-dealkylation sites (tertiary alicyclic amines) is 1. The van der Waals surface area contributed by atoms with Gasteiger partial charge in [-0.3, -0.25) is 4.79 Å². The maximum Gasteiger partial charge on any atom is 0.263 e. The molecule has 2 fully saturated rings. The lowest BCUT2D eigenvalue weighted by Crippen LogP contribution is -2.35. The summed E-state index contributed by atoms with van der Waals surface area (Å²) in [5, 5.41) is 4.95. The molecule has 2 aliphatic rings. The third kappa shape index (κ3) is 2.96. The van der Waals surface area contributed by atoms with Gasteiger partial charge in [-0.15, -0.1) is 0 Å². The minimum Gasteiger partial charge on any atom is -0.355 e. The highest BCUT2D eigenvalue weighted by Gasteiger charge is 2.49. The van der Waals surface area contributed by atoms with Gasteiger partial charge in [0.15, 0.2) is 0 Å². The van der Waals surface area contributed by atoms with Gasteiger partial charge in [0.05, 0.1) is 11.7 Å². The molecule has 29 heavy (non-hydrogen) atoms. The van der Waals surface area contributed by atoms with Crippen molar-refractivity contribution in [1.82, 2.24) is 20.0 Å². The number of nitrogens with zero attached hydrogens (tertiary/aromatic N) is 5. The van der Waals surface area contributed by atoms with E-state index in [-0.39, 0.29) is 11.9 Å². The number of hydrogen-bond donors (Lipinski definition) is 0. The first-order valence-corrected chi connectivity index (χ1v) is 10.3. The number of benzene rings is 1. The zero-order chi connectivity index (χ0) is 20.0. The van der Waals surface area contributed by atoms with Crippen molar-refractivity contribution in [2.24, 2.45) is 11.8 Å². The molecular weight excluding hydrogens is 366 g/mol. The third-order valence-electron chi connectivity index (χ3n) is 6.31. The van der Waals surface area contributed by atoms with Crippen LogP contribution in [0, 0.1) is 18.8 Å². The Balaban J connectivity index is 1.48. The summed E-state index contributed by atoms with van der Waals surface area (Å²) in [4.78, 5) is 26.1. The Kier molecular flexibility index (Phi) is 4.45. The van der Waals surface area contributed by atoms with Crippen LogP contribution in [0.3, 0.4) is 0 Å². The molecule has 7 nitrogen and oxygen atoms in total. The molecule has 2 aliphatic heterocycles. The van der Waals surface area contributed by atoms with Gasteiger partial charge in [-0.05, 0) is 18.9 Å². The van der Waals surface area contributed by atoms with Crippen LogP contribution in [0.2, 0.25) is 0 Å². The summed E-state index contributed by atoms with van der Waals surface area (Å²) in [6.45, 7) is 6.52. The SMILES string of the molecule is CCCC(=O)N1C[C@@H]2CN(c3ncnc4onc(C)c34)C[C@@H]2[C@H]1c1ccccc1. The number of carbonyl (C=O) groups excluding carboxylic acids is 1. The van der Waals surface area contributed by atoms with Crippen LogP contribution in [0.5, 0.6) is 0 Å². The van der Waals surface area contributed by atoms with Gasteiger partial charge >= 0.3 is 0 Å². The van der Waals surface area contributed by atoms with E-state index in [1.807, 2.05) is 13.0 Å². The van der Waals surface area contributed by atoms with E-state index < -0.39 is 0 Å². The molecule has 2 aromatic heterocycles. The van der Waals surface area contributed by atoms with Crippen molar-refractivity contribution >= 4 is 22.8 Å². The van der Waals surface area contributed by atoms with Crippen LogP contribution in [0.1, 0.15) is 37.1 Å². The van der Waals surface area contributed by atoms with E-state index in [4.69, 9.17) is 4.52 Å². The molecule has 0 radical (unpaired) electrons. The summed E-state index contributed by atoms with van der Waals surface area (Å²) in [5.74, 6) is 1.96. The molecule has 1 amide bonds. The zero-order valence-electron chi connectivity index (χ0n) is 16.8. The molecule has 1 aromatic carbocycles. The van der Waals surface area contributed by atoms with Crippen LogP contribution >= 0.6 is 0 Å². The van der Waals surface area contributed by atoms with Crippen molar-refractivity contribution in [3.05, 3.63) is 47.9 Å².